The second-order valence-electron chi connectivity index (χ2n) is 11.7. The number of carboxylic acids is 2. The maximum atomic E-state index is 10.1. The zero-order valence-electron chi connectivity index (χ0n) is 28.8. The summed E-state index contributed by atoms with van der Waals surface area (Å²) in [6, 6.07) is 0. The van der Waals surface area contributed by atoms with Crippen molar-refractivity contribution in [3.63, 3.8) is 0 Å². The number of unbranched alkanes of at least 4 members (excludes halogenated alkanes) is 18. The molecule has 0 atom stereocenters. The first-order valence-electron chi connectivity index (χ1n) is 18.1. The molecule has 1 heterocycles. The minimum absolute atomic E-state index is 0.149. The Hall–Kier alpha value is -0.301. The Kier molecular flexibility index (Phi) is 49.6. The number of carboxylic acid groups (broad SMARTS) is 2. The standard InChI is InChI=1S/2C12H24O2.C4H8O.2C4H9.Sn/c2*1-2-3-4-5-6-7-8-9-10-11-12(13)14;1-2-4-5-3-1;2*1-3-4-2;/h2*2-11H2,1H3,(H,13,14);1-4H2;2*1,3-4H2,2H3;/q;;;;;+2/p-2. The van der Waals surface area contributed by atoms with Crippen molar-refractivity contribution in [3.8, 4) is 0 Å². The predicted molar refractivity (Wildman–Crippen MR) is 179 cm³/mol. The van der Waals surface area contributed by atoms with Gasteiger partial charge in [0, 0.05) is 25.2 Å². The Morgan fingerprint density at radius 2 is 0.762 bits per heavy atom. The van der Waals surface area contributed by atoms with E-state index in [2.05, 4.69) is 27.7 Å². The maximum absolute atomic E-state index is 10.1. The molecule has 0 bridgehead atoms. The van der Waals surface area contributed by atoms with Crippen molar-refractivity contribution in [1.29, 1.82) is 0 Å². The fraction of sp³-hybridized carbons (Fsp3) is 0.944. The van der Waals surface area contributed by atoms with Gasteiger partial charge in [-0.15, -0.1) is 0 Å². The summed E-state index contributed by atoms with van der Waals surface area (Å²) in [4.78, 5) is 20.2. The van der Waals surface area contributed by atoms with E-state index in [4.69, 9.17) is 4.74 Å². The van der Waals surface area contributed by atoms with E-state index in [1.807, 2.05) is 0 Å². The molecule has 0 aromatic heterocycles. The average Bonchev–Trinajstić information content (AvgIpc) is 3.57. The van der Waals surface area contributed by atoms with Gasteiger partial charge in [0.2, 0.25) is 0 Å². The summed E-state index contributed by atoms with van der Waals surface area (Å²) in [5.41, 5.74) is 0. The van der Waals surface area contributed by atoms with Crippen molar-refractivity contribution >= 4 is 33.1 Å². The molecule has 0 N–H and O–H groups in total. The first-order chi connectivity index (χ1) is 20.5. The third kappa shape index (κ3) is 55.6. The Labute approximate surface area is 273 Å². The first kappa shape index (κ1) is 46.1. The molecule has 0 saturated carbocycles. The molecule has 0 amide bonds. The summed E-state index contributed by atoms with van der Waals surface area (Å²) in [5.74, 6) is -1.82. The molecule has 1 saturated heterocycles. The van der Waals surface area contributed by atoms with Crippen molar-refractivity contribution in [2.75, 3.05) is 13.2 Å². The molecule has 6 heteroatoms. The van der Waals surface area contributed by atoms with Crippen molar-refractivity contribution in [1.82, 2.24) is 0 Å². The van der Waals surface area contributed by atoms with Crippen LogP contribution < -0.4 is 10.2 Å². The normalized spacial score (nSPS) is 11.7. The fourth-order valence-corrected chi connectivity index (χ4v) is 8.56. The van der Waals surface area contributed by atoms with Crippen LogP contribution in [-0.2, 0) is 14.3 Å². The number of hydrogen-bond acceptors (Lipinski definition) is 5. The van der Waals surface area contributed by atoms with Crippen molar-refractivity contribution < 1.29 is 24.5 Å². The zero-order valence-corrected chi connectivity index (χ0v) is 31.6. The van der Waals surface area contributed by atoms with E-state index in [1.165, 1.54) is 128 Å². The summed E-state index contributed by atoms with van der Waals surface area (Å²) in [6.45, 7) is 11.0. The molecule has 42 heavy (non-hydrogen) atoms. The van der Waals surface area contributed by atoms with Crippen molar-refractivity contribution in [3.05, 3.63) is 0 Å². The quantitative estimate of drug-likeness (QED) is 0.0662. The monoisotopic (exact) mass is 704 g/mol. The van der Waals surface area contributed by atoms with Crippen LogP contribution in [0.15, 0.2) is 0 Å². The van der Waals surface area contributed by atoms with Gasteiger partial charge >= 0.3 is 69.5 Å². The van der Waals surface area contributed by atoms with Gasteiger partial charge in [-0.25, -0.2) is 0 Å². The summed E-state index contributed by atoms with van der Waals surface area (Å²) < 4.78 is 8.19. The summed E-state index contributed by atoms with van der Waals surface area (Å²) in [5, 5.41) is 20.2. The summed E-state index contributed by atoms with van der Waals surface area (Å²) >= 11 is 0.149. The van der Waals surface area contributed by atoms with E-state index >= 15 is 0 Å². The molecule has 0 spiro atoms. The van der Waals surface area contributed by atoms with E-state index in [0.717, 1.165) is 38.9 Å². The molecule has 0 radical (unpaired) electrons. The average molecular weight is 704 g/mol. The molecule has 1 aliphatic heterocycles. The van der Waals surface area contributed by atoms with Gasteiger partial charge in [-0.3, -0.25) is 0 Å². The van der Waals surface area contributed by atoms with E-state index in [-0.39, 0.29) is 34.0 Å². The van der Waals surface area contributed by atoms with Gasteiger partial charge in [0.05, 0.1) is 0 Å². The molecule has 1 aliphatic rings. The van der Waals surface area contributed by atoms with E-state index < -0.39 is 11.9 Å². The van der Waals surface area contributed by atoms with Crippen LogP contribution in [-0.4, -0.2) is 46.3 Å². The SMILES string of the molecule is C1CCOC1.CCCCCCCCCCCC(=O)[O-].CCCCCCCCCCCC(=O)[O-].CCC[CH2][Sn+2][CH2]CCC. The molecule has 1 rings (SSSR count). The molecule has 0 aromatic rings. The molecule has 250 valence electrons. The Morgan fingerprint density at radius 1 is 0.476 bits per heavy atom. The second-order valence-corrected chi connectivity index (χ2v) is 16.0. The first-order valence-corrected chi connectivity index (χ1v) is 22.2. The predicted octanol–water partition coefficient (Wildman–Crippen LogP) is 9.24. The Morgan fingerprint density at radius 3 is 1.00 bits per heavy atom. The van der Waals surface area contributed by atoms with Gasteiger partial charge < -0.3 is 24.5 Å². The second kappa shape index (κ2) is 45.1. The van der Waals surface area contributed by atoms with Crippen LogP contribution >= 0.6 is 0 Å². The van der Waals surface area contributed by atoms with Crippen LogP contribution in [0, 0.1) is 0 Å². The number of rotatable bonds is 26. The van der Waals surface area contributed by atoms with Gasteiger partial charge in [-0.1, -0.05) is 117 Å². The summed E-state index contributed by atoms with van der Waals surface area (Å²) in [6.07, 6.45) is 30.7. The van der Waals surface area contributed by atoms with Gasteiger partial charge in [0.25, 0.3) is 0 Å². The van der Waals surface area contributed by atoms with Crippen LogP contribution in [0.2, 0.25) is 8.87 Å². The van der Waals surface area contributed by atoms with E-state index in [1.54, 1.807) is 8.87 Å². The van der Waals surface area contributed by atoms with E-state index in [9.17, 15) is 19.8 Å². The van der Waals surface area contributed by atoms with Crippen molar-refractivity contribution in [2.24, 2.45) is 0 Å². The number of ether oxygens (including phenoxy) is 1. The third-order valence-corrected chi connectivity index (χ3v) is 11.2. The van der Waals surface area contributed by atoms with Gasteiger partial charge in [-0.05, 0) is 38.5 Å². The van der Waals surface area contributed by atoms with Crippen LogP contribution in [0.5, 0.6) is 0 Å². The zero-order chi connectivity index (χ0) is 31.8. The number of aliphatic carboxylic acids is 2. The molecule has 1 fully saturated rings. The Bertz CT molecular complexity index is 452. The topological polar surface area (TPSA) is 89.5 Å². The van der Waals surface area contributed by atoms with Crippen LogP contribution in [0.25, 0.3) is 0 Å². The van der Waals surface area contributed by atoms with E-state index in [0.29, 0.717) is 0 Å². The molecular weight excluding hydrogens is 631 g/mol. The summed E-state index contributed by atoms with van der Waals surface area (Å²) in [7, 11) is 0. The third-order valence-electron chi connectivity index (χ3n) is 7.21. The van der Waals surface area contributed by atoms with Crippen molar-refractivity contribution in [2.45, 2.75) is 204 Å². The van der Waals surface area contributed by atoms with Gasteiger partial charge in [0.1, 0.15) is 0 Å². The molecule has 0 unspecified atom stereocenters. The number of carbonyl (C=O) groups is 2. The van der Waals surface area contributed by atoms with Crippen LogP contribution in [0.4, 0.5) is 0 Å². The Balaban J connectivity index is -0.000000509. The molecular formula is C36H72O5Sn. The molecule has 0 aromatic carbocycles. The molecule has 5 nitrogen and oxygen atoms in total. The van der Waals surface area contributed by atoms with Gasteiger partial charge in [-0.2, -0.15) is 0 Å². The minimum atomic E-state index is -0.909. The number of hydrogen-bond donors (Lipinski definition) is 0. The van der Waals surface area contributed by atoms with Crippen LogP contribution in [0.1, 0.15) is 195 Å². The van der Waals surface area contributed by atoms with Crippen LogP contribution in [0.3, 0.4) is 0 Å². The molecule has 0 aliphatic carbocycles. The van der Waals surface area contributed by atoms with Gasteiger partial charge in [0.15, 0.2) is 0 Å². The number of carbonyl (C=O) groups excluding carboxylic acids is 2. The fourth-order valence-electron chi connectivity index (χ4n) is 4.40.